The monoisotopic (exact) mass is 291 g/mol. The lowest BCUT2D eigenvalue weighted by molar-refractivity contribution is -0.128. The van der Waals surface area contributed by atoms with Gasteiger partial charge in [-0.1, -0.05) is 11.2 Å². The Kier molecular flexibility index (Phi) is 5.14. The molecule has 1 fully saturated rings. The molecule has 1 aliphatic rings. The van der Waals surface area contributed by atoms with Crippen molar-refractivity contribution in [3.63, 3.8) is 0 Å². The molecule has 0 saturated heterocycles. The smallest absolute Gasteiger partial charge is 0.228 e. The van der Waals surface area contributed by atoms with Crippen LogP contribution in [0.1, 0.15) is 31.4 Å². The number of aryl methyl sites for hydroxylation is 1. The second kappa shape index (κ2) is 7.06. The Hall–Kier alpha value is -2.11. The molecule has 6 nitrogen and oxygen atoms in total. The van der Waals surface area contributed by atoms with Crippen LogP contribution < -0.4 is 10.6 Å². The van der Waals surface area contributed by atoms with Gasteiger partial charge in [0.15, 0.2) is 5.82 Å². The van der Waals surface area contributed by atoms with Crippen LogP contribution >= 0.6 is 0 Å². The third-order valence-electron chi connectivity index (χ3n) is 3.77. The third kappa shape index (κ3) is 4.18. The number of hydrogen-bond donors (Lipinski definition) is 2. The van der Waals surface area contributed by atoms with Gasteiger partial charge in [0.1, 0.15) is 5.76 Å². The molecule has 0 spiro atoms. The highest BCUT2D eigenvalue weighted by Crippen LogP contribution is 2.29. The van der Waals surface area contributed by atoms with Crippen LogP contribution in [0.25, 0.3) is 0 Å². The predicted molar refractivity (Wildman–Crippen MR) is 78.5 cm³/mol. The van der Waals surface area contributed by atoms with Crippen LogP contribution in [0.4, 0.5) is 5.82 Å². The molecule has 0 aliphatic heterocycles. The van der Waals surface area contributed by atoms with Crippen molar-refractivity contribution in [2.45, 2.75) is 32.6 Å². The van der Waals surface area contributed by atoms with Crippen molar-refractivity contribution in [3.8, 4) is 0 Å². The zero-order valence-electron chi connectivity index (χ0n) is 12.2. The molecular formula is C15H21N3O3. The topological polar surface area (TPSA) is 84.2 Å². The normalized spacial score (nSPS) is 21.6. The highest BCUT2D eigenvalue weighted by Gasteiger charge is 2.30. The molecule has 0 unspecified atom stereocenters. The minimum absolute atomic E-state index is 0.00305. The third-order valence-corrected chi connectivity index (χ3v) is 3.77. The number of carbonyl (C=O) groups excluding carboxylic acids is 2. The van der Waals surface area contributed by atoms with Crippen molar-refractivity contribution in [1.29, 1.82) is 0 Å². The number of anilines is 1. The molecule has 0 atom stereocenters. The van der Waals surface area contributed by atoms with E-state index < -0.39 is 0 Å². The summed E-state index contributed by atoms with van der Waals surface area (Å²) in [4.78, 5) is 24.0. The summed E-state index contributed by atoms with van der Waals surface area (Å²) in [5.74, 6) is 1.05. The summed E-state index contributed by atoms with van der Waals surface area (Å²) in [6.45, 7) is 5.84. The highest BCUT2D eigenvalue weighted by atomic mass is 16.5. The van der Waals surface area contributed by atoms with Crippen molar-refractivity contribution in [2.24, 2.45) is 11.8 Å². The summed E-state index contributed by atoms with van der Waals surface area (Å²) in [5.41, 5.74) is 0. The summed E-state index contributed by atoms with van der Waals surface area (Å²) in [6.07, 6.45) is 4.57. The van der Waals surface area contributed by atoms with Gasteiger partial charge in [0.05, 0.1) is 0 Å². The van der Waals surface area contributed by atoms with Gasteiger partial charge in [0.2, 0.25) is 11.8 Å². The maximum atomic E-state index is 12.1. The Balaban J connectivity index is 1.79. The molecule has 2 amide bonds. The van der Waals surface area contributed by atoms with Crippen LogP contribution in [0.15, 0.2) is 23.2 Å². The summed E-state index contributed by atoms with van der Waals surface area (Å²) >= 11 is 0. The van der Waals surface area contributed by atoms with Crippen molar-refractivity contribution in [3.05, 3.63) is 24.5 Å². The zero-order chi connectivity index (χ0) is 15.2. The van der Waals surface area contributed by atoms with Gasteiger partial charge in [0.25, 0.3) is 0 Å². The molecule has 114 valence electrons. The van der Waals surface area contributed by atoms with Crippen molar-refractivity contribution >= 4 is 17.6 Å². The van der Waals surface area contributed by atoms with E-state index in [1.807, 2.05) is 0 Å². The Bertz CT molecular complexity index is 516. The van der Waals surface area contributed by atoms with Crippen LogP contribution in [0.5, 0.6) is 0 Å². The van der Waals surface area contributed by atoms with Gasteiger partial charge in [-0.15, -0.1) is 6.58 Å². The fourth-order valence-corrected chi connectivity index (χ4v) is 2.59. The van der Waals surface area contributed by atoms with Gasteiger partial charge in [-0.3, -0.25) is 9.59 Å². The first-order chi connectivity index (χ1) is 10.1. The van der Waals surface area contributed by atoms with Gasteiger partial charge in [-0.2, -0.15) is 0 Å². The number of nitrogens with zero attached hydrogens (tertiary/aromatic N) is 1. The number of hydrogen-bond acceptors (Lipinski definition) is 4. The molecule has 2 rings (SSSR count). The number of rotatable bonds is 5. The first-order valence-electron chi connectivity index (χ1n) is 7.23. The second-order valence-corrected chi connectivity index (χ2v) is 5.39. The first kappa shape index (κ1) is 15.3. The predicted octanol–water partition coefficient (Wildman–Crippen LogP) is 2.03. The Morgan fingerprint density at radius 3 is 2.48 bits per heavy atom. The molecule has 1 saturated carbocycles. The largest absolute Gasteiger partial charge is 0.360 e. The molecule has 21 heavy (non-hydrogen) atoms. The summed E-state index contributed by atoms with van der Waals surface area (Å²) in [7, 11) is 0. The lowest BCUT2D eigenvalue weighted by Crippen LogP contribution is -2.35. The molecule has 1 aliphatic carbocycles. The Morgan fingerprint density at radius 1 is 1.33 bits per heavy atom. The van der Waals surface area contributed by atoms with E-state index in [2.05, 4.69) is 22.4 Å². The molecule has 0 aromatic carbocycles. The maximum Gasteiger partial charge on any atom is 0.228 e. The Morgan fingerprint density at radius 2 is 1.95 bits per heavy atom. The van der Waals surface area contributed by atoms with Crippen LogP contribution in [-0.2, 0) is 9.59 Å². The van der Waals surface area contributed by atoms with Crippen molar-refractivity contribution in [2.75, 3.05) is 11.9 Å². The van der Waals surface area contributed by atoms with E-state index >= 15 is 0 Å². The average molecular weight is 291 g/mol. The summed E-state index contributed by atoms with van der Waals surface area (Å²) in [5, 5.41) is 9.31. The van der Waals surface area contributed by atoms with E-state index in [-0.39, 0.29) is 23.7 Å². The molecule has 1 aromatic rings. The first-order valence-corrected chi connectivity index (χ1v) is 7.23. The molecule has 2 N–H and O–H groups in total. The maximum absolute atomic E-state index is 12.1. The molecular weight excluding hydrogens is 270 g/mol. The van der Waals surface area contributed by atoms with Gasteiger partial charge in [0, 0.05) is 24.4 Å². The van der Waals surface area contributed by atoms with Gasteiger partial charge < -0.3 is 15.2 Å². The summed E-state index contributed by atoms with van der Waals surface area (Å²) < 4.78 is 4.91. The van der Waals surface area contributed by atoms with E-state index in [4.69, 9.17) is 4.52 Å². The van der Waals surface area contributed by atoms with E-state index in [9.17, 15) is 9.59 Å². The average Bonchev–Trinajstić information content (AvgIpc) is 2.90. The number of carbonyl (C=O) groups is 2. The fourth-order valence-electron chi connectivity index (χ4n) is 2.59. The van der Waals surface area contributed by atoms with E-state index in [1.54, 1.807) is 19.1 Å². The quantitative estimate of drug-likeness (QED) is 0.813. The van der Waals surface area contributed by atoms with Gasteiger partial charge in [-0.05, 0) is 32.6 Å². The highest BCUT2D eigenvalue weighted by molar-refractivity contribution is 5.91. The molecule has 1 aromatic heterocycles. The lowest BCUT2D eigenvalue weighted by Gasteiger charge is -2.26. The minimum atomic E-state index is -0.0644. The molecule has 0 bridgehead atoms. The minimum Gasteiger partial charge on any atom is -0.360 e. The van der Waals surface area contributed by atoms with E-state index in [0.717, 1.165) is 25.7 Å². The SMILES string of the molecule is C=CCNC(=O)C1CCC(C(=O)Nc2cc(C)on2)CC1. The van der Waals surface area contributed by atoms with Gasteiger partial charge >= 0.3 is 0 Å². The Labute approximate surface area is 124 Å². The number of nitrogens with one attached hydrogen (secondary N) is 2. The second-order valence-electron chi connectivity index (χ2n) is 5.39. The summed E-state index contributed by atoms with van der Waals surface area (Å²) in [6, 6.07) is 1.69. The fraction of sp³-hybridized carbons (Fsp3) is 0.533. The molecule has 1 heterocycles. The van der Waals surface area contributed by atoms with E-state index in [1.165, 1.54) is 0 Å². The van der Waals surface area contributed by atoms with Crippen molar-refractivity contribution < 1.29 is 14.1 Å². The molecule has 6 heteroatoms. The van der Waals surface area contributed by atoms with Crippen LogP contribution in [-0.4, -0.2) is 23.5 Å². The molecule has 0 radical (unpaired) electrons. The van der Waals surface area contributed by atoms with Crippen LogP contribution in [0.2, 0.25) is 0 Å². The van der Waals surface area contributed by atoms with Crippen molar-refractivity contribution in [1.82, 2.24) is 10.5 Å². The zero-order valence-corrected chi connectivity index (χ0v) is 12.2. The van der Waals surface area contributed by atoms with Gasteiger partial charge in [-0.25, -0.2) is 0 Å². The lowest BCUT2D eigenvalue weighted by atomic mass is 9.81. The number of amides is 2. The van der Waals surface area contributed by atoms with Crippen LogP contribution in [0.3, 0.4) is 0 Å². The number of aromatic nitrogens is 1. The van der Waals surface area contributed by atoms with E-state index in [0.29, 0.717) is 18.1 Å². The van der Waals surface area contributed by atoms with Crippen LogP contribution in [0, 0.1) is 18.8 Å². The standard InChI is InChI=1S/C15H21N3O3/c1-3-8-16-14(19)11-4-6-12(7-5-11)15(20)17-13-9-10(2)21-18-13/h3,9,11-12H,1,4-8H2,2H3,(H,16,19)(H,17,18,20).